The Morgan fingerprint density at radius 1 is 1.33 bits per heavy atom. The summed E-state index contributed by atoms with van der Waals surface area (Å²) >= 11 is 7.84. The van der Waals surface area contributed by atoms with Crippen molar-refractivity contribution in [2.75, 3.05) is 39.1 Å². The first-order chi connectivity index (χ1) is 11.6. The molecule has 0 bridgehead atoms. The Hall–Kier alpha value is -1.24. The second kappa shape index (κ2) is 7.33. The van der Waals surface area contributed by atoms with Crippen molar-refractivity contribution in [3.63, 3.8) is 0 Å². The largest absolute Gasteiger partial charge is 0.383 e. The van der Waals surface area contributed by atoms with Crippen LogP contribution in [0.2, 0.25) is 5.02 Å². The fourth-order valence-electron chi connectivity index (χ4n) is 3.37. The van der Waals surface area contributed by atoms with Crippen molar-refractivity contribution in [1.82, 2.24) is 9.80 Å². The van der Waals surface area contributed by atoms with Crippen LogP contribution in [0.25, 0.3) is 0 Å². The molecule has 0 unspecified atom stereocenters. The molecule has 3 rings (SSSR count). The van der Waals surface area contributed by atoms with E-state index in [-0.39, 0.29) is 16.7 Å². The number of hydrogen-bond donors (Lipinski definition) is 0. The predicted octanol–water partition coefficient (Wildman–Crippen LogP) is 2.49. The maximum Gasteiger partial charge on any atom is 0.255 e. The fraction of sp³-hybridized carbons (Fsp3) is 0.529. The van der Waals surface area contributed by atoms with Crippen LogP contribution in [0.5, 0.6) is 0 Å². The van der Waals surface area contributed by atoms with Gasteiger partial charge in [-0.15, -0.1) is 11.8 Å². The second-order valence-corrected chi connectivity index (χ2v) is 7.79. The van der Waals surface area contributed by atoms with Gasteiger partial charge in [-0.1, -0.05) is 23.7 Å². The Balaban J connectivity index is 1.68. The summed E-state index contributed by atoms with van der Waals surface area (Å²) in [5.74, 6) is 0.651. The van der Waals surface area contributed by atoms with Gasteiger partial charge in [0.25, 0.3) is 5.91 Å². The lowest BCUT2D eigenvalue weighted by molar-refractivity contribution is -0.131. The molecule has 0 N–H and O–H groups in total. The Labute approximate surface area is 151 Å². The van der Waals surface area contributed by atoms with E-state index in [1.165, 1.54) is 0 Å². The van der Waals surface area contributed by atoms with Crippen LogP contribution < -0.4 is 0 Å². The van der Waals surface area contributed by atoms with Gasteiger partial charge in [0.1, 0.15) is 0 Å². The van der Waals surface area contributed by atoms with E-state index >= 15 is 0 Å². The van der Waals surface area contributed by atoms with Crippen molar-refractivity contribution in [1.29, 1.82) is 0 Å². The fourth-order valence-corrected chi connectivity index (χ4v) is 4.95. The van der Waals surface area contributed by atoms with Crippen molar-refractivity contribution in [3.8, 4) is 0 Å². The van der Waals surface area contributed by atoms with Crippen LogP contribution in [0, 0.1) is 0 Å². The molecule has 0 saturated carbocycles. The molecule has 1 aromatic carbocycles. The summed E-state index contributed by atoms with van der Waals surface area (Å²) in [7, 11) is 1.64. The van der Waals surface area contributed by atoms with E-state index in [1.807, 2.05) is 21.9 Å². The van der Waals surface area contributed by atoms with Crippen LogP contribution in [0.4, 0.5) is 0 Å². The molecule has 2 aliphatic rings. The molecule has 1 spiro atoms. The number of hydrogen-bond acceptors (Lipinski definition) is 4. The van der Waals surface area contributed by atoms with Crippen LogP contribution in [0.15, 0.2) is 24.3 Å². The normalized spacial score (nSPS) is 20.0. The quantitative estimate of drug-likeness (QED) is 0.819. The van der Waals surface area contributed by atoms with E-state index in [0.717, 1.165) is 12.8 Å². The van der Waals surface area contributed by atoms with Crippen LogP contribution >= 0.6 is 23.4 Å². The van der Waals surface area contributed by atoms with E-state index in [2.05, 4.69) is 0 Å². The molecule has 0 atom stereocenters. The monoisotopic (exact) mass is 368 g/mol. The molecule has 2 saturated heterocycles. The number of carbonyl (C=O) groups is 2. The van der Waals surface area contributed by atoms with Gasteiger partial charge in [-0.2, -0.15) is 0 Å². The minimum atomic E-state index is -0.188. The summed E-state index contributed by atoms with van der Waals surface area (Å²) in [5, 5.41) is 0.481. The lowest BCUT2D eigenvalue weighted by Gasteiger charge is -2.44. The lowest BCUT2D eigenvalue weighted by atomic mass is 10.0. The number of halogens is 1. The Morgan fingerprint density at radius 3 is 2.71 bits per heavy atom. The van der Waals surface area contributed by atoms with Crippen LogP contribution in [-0.2, 0) is 9.53 Å². The first-order valence-electron chi connectivity index (χ1n) is 8.04. The number of thioether (sulfide) groups is 1. The summed E-state index contributed by atoms with van der Waals surface area (Å²) < 4.78 is 5.13. The SMILES string of the molecule is COCCN1C(=O)CSC12CCN(C(=O)c1ccccc1Cl)CC2. The van der Waals surface area contributed by atoms with Crippen molar-refractivity contribution >= 4 is 35.2 Å². The van der Waals surface area contributed by atoms with E-state index in [1.54, 1.807) is 31.0 Å². The van der Waals surface area contributed by atoms with Crippen molar-refractivity contribution in [3.05, 3.63) is 34.9 Å². The standard InChI is InChI=1S/C17H21ClN2O3S/c1-23-11-10-20-15(21)12-24-17(20)6-8-19(9-7-17)16(22)13-4-2-3-5-14(13)18/h2-5H,6-12H2,1H3. The van der Waals surface area contributed by atoms with E-state index < -0.39 is 0 Å². The maximum atomic E-state index is 12.7. The summed E-state index contributed by atoms with van der Waals surface area (Å²) in [6, 6.07) is 7.13. The first-order valence-corrected chi connectivity index (χ1v) is 9.41. The molecular formula is C17H21ClN2O3S. The highest BCUT2D eigenvalue weighted by atomic mass is 35.5. The van der Waals surface area contributed by atoms with Crippen LogP contribution in [-0.4, -0.2) is 65.6 Å². The molecular weight excluding hydrogens is 348 g/mol. The summed E-state index contributed by atoms with van der Waals surface area (Å²) in [4.78, 5) is 28.5. The van der Waals surface area contributed by atoms with Gasteiger partial charge in [0.2, 0.25) is 5.91 Å². The average molecular weight is 369 g/mol. The van der Waals surface area contributed by atoms with E-state index in [4.69, 9.17) is 16.3 Å². The molecule has 5 nitrogen and oxygen atoms in total. The van der Waals surface area contributed by atoms with Gasteiger partial charge in [-0.05, 0) is 25.0 Å². The molecule has 0 aliphatic carbocycles. The molecule has 24 heavy (non-hydrogen) atoms. The number of rotatable bonds is 4. The lowest BCUT2D eigenvalue weighted by Crippen LogP contribution is -2.53. The number of benzene rings is 1. The zero-order valence-corrected chi connectivity index (χ0v) is 15.2. The van der Waals surface area contributed by atoms with Gasteiger partial charge in [0.05, 0.1) is 27.8 Å². The molecule has 2 heterocycles. The molecule has 7 heteroatoms. The topological polar surface area (TPSA) is 49.9 Å². The minimum absolute atomic E-state index is 0.0341. The Bertz CT molecular complexity index is 632. The smallest absolute Gasteiger partial charge is 0.255 e. The Morgan fingerprint density at radius 2 is 2.04 bits per heavy atom. The highest BCUT2D eigenvalue weighted by molar-refractivity contribution is 8.01. The van der Waals surface area contributed by atoms with Crippen LogP contribution in [0.1, 0.15) is 23.2 Å². The summed E-state index contributed by atoms with van der Waals surface area (Å²) in [6.45, 7) is 2.42. The van der Waals surface area contributed by atoms with E-state index in [0.29, 0.717) is 42.6 Å². The second-order valence-electron chi connectivity index (χ2n) is 6.05. The zero-order valence-electron chi connectivity index (χ0n) is 13.7. The Kier molecular flexibility index (Phi) is 5.37. The van der Waals surface area contributed by atoms with Crippen molar-refractivity contribution in [2.45, 2.75) is 17.7 Å². The molecule has 0 aromatic heterocycles. The van der Waals surface area contributed by atoms with Crippen molar-refractivity contribution < 1.29 is 14.3 Å². The molecule has 2 amide bonds. The molecule has 2 aliphatic heterocycles. The van der Waals surface area contributed by atoms with Gasteiger partial charge >= 0.3 is 0 Å². The van der Waals surface area contributed by atoms with Crippen molar-refractivity contribution in [2.24, 2.45) is 0 Å². The molecule has 130 valence electrons. The first kappa shape index (κ1) is 17.6. The number of ether oxygens (including phenoxy) is 1. The van der Waals surface area contributed by atoms with Gasteiger partial charge in [0, 0.05) is 26.7 Å². The predicted molar refractivity (Wildman–Crippen MR) is 95.4 cm³/mol. The highest BCUT2D eigenvalue weighted by Crippen LogP contribution is 2.44. The third-order valence-corrected chi connectivity index (χ3v) is 6.60. The van der Waals surface area contributed by atoms with Gasteiger partial charge < -0.3 is 14.5 Å². The highest BCUT2D eigenvalue weighted by Gasteiger charge is 2.48. The molecule has 0 radical (unpaired) electrons. The average Bonchev–Trinajstić information content (AvgIpc) is 2.89. The number of likely N-dealkylation sites (tertiary alicyclic amines) is 1. The van der Waals surface area contributed by atoms with Gasteiger partial charge in [-0.3, -0.25) is 9.59 Å². The molecule has 1 aromatic rings. The summed E-state index contributed by atoms with van der Waals surface area (Å²) in [5.41, 5.74) is 0.543. The number of methoxy groups -OCH3 is 1. The summed E-state index contributed by atoms with van der Waals surface area (Å²) in [6.07, 6.45) is 1.56. The number of amides is 2. The maximum absolute atomic E-state index is 12.7. The zero-order chi connectivity index (χ0) is 17.2. The van der Waals surface area contributed by atoms with E-state index in [9.17, 15) is 9.59 Å². The number of piperidine rings is 1. The number of nitrogens with zero attached hydrogens (tertiary/aromatic N) is 2. The number of carbonyl (C=O) groups excluding carboxylic acids is 2. The third kappa shape index (κ3) is 3.27. The van der Waals surface area contributed by atoms with Crippen LogP contribution in [0.3, 0.4) is 0 Å². The third-order valence-electron chi connectivity index (χ3n) is 4.71. The van der Waals surface area contributed by atoms with Gasteiger partial charge in [-0.25, -0.2) is 0 Å². The minimum Gasteiger partial charge on any atom is -0.383 e. The molecule has 2 fully saturated rings. The van der Waals surface area contributed by atoms with Gasteiger partial charge in [0.15, 0.2) is 0 Å².